The maximum absolute atomic E-state index is 12.0. The van der Waals surface area contributed by atoms with Crippen molar-refractivity contribution in [3.05, 3.63) is 192 Å². The first-order valence-corrected chi connectivity index (χ1v) is 22.5. The number of carbonyl (C=O) groups is 2. The number of carbonyl (C=O) groups excluding carboxylic acids is 2. The molecule has 4 aromatic carbocycles. The van der Waals surface area contributed by atoms with Gasteiger partial charge in [-0.05, 0) is 187 Å². The van der Waals surface area contributed by atoms with Crippen LogP contribution in [0.1, 0.15) is 136 Å². The van der Waals surface area contributed by atoms with Crippen LogP contribution < -0.4 is 0 Å². The largest absolute Gasteiger partial charge is 0.512 e. The Labute approximate surface area is 397 Å². The van der Waals surface area contributed by atoms with Crippen molar-refractivity contribution in [2.75, 3.05) is 0 Å². The van der Waals surface area contributed by atoms with Crippen LogP contribution in [0, 0.1) is 61.0 Å². The number of aliphatic hydroxyl groups excluding tert-OH is 2. The molecule has 332 valence electrons. The van der Waals surface area contributed by atoms with Gasteiger partial charge in [-0.1, -0.05) is 73.6 Å². The Balaban J connectivity index is 1.35. The van der Waals surface area contributed by atoms with Crippen molar-refractivity contribution in [1.29, 1.82) is 0 Å². The number of aromatic nitrogens is 1. The number of nitrogens with zero attached hydrogens (tertiary/aromatic N) is 2. The van der Waals surface area contributed by atoms with E-state index in [0.29, 0.717) is 22.3 Å². The predicted octanol–water partition coefficient (Wildman–Crippen LogP) is 12.2. The maximum Gasteiger partial charge on any atom is 0.434 e. The van der Waals surface area contributed by atoms with Gasteiger partial charge in [-0.25, -0.2) is 0 Å². The molecule has 1 aliphatic heterocycles. The van der Waals surface area contributed by atoms with Gasteiger partial charge in [0.15, 0.2) is 11.6 Å². The SMILES string of the molecule is CCC1=C(C)/C(=C(\C)c2c(C)c(CC)c(C)n2B(C#Cc2ccc(C#Cc3ccc(/C(C(C)=O)=C(/C)O)cc3)cc2)C#Cc2ccc(C#Cc3ccc(/C(C(C)=O)=C(/C)O)cc3)cc2)N=C1C. The van der Waals surface area contributed by atoms with E-state index in [-0.39, 0.29) is 23.1 Å². The van der Waals surface area contributed by atoms with Crippen molar-refractivity contribution in [2.45, 2.75) is 89.0 Å². The number of Topliss-reactive ketones (excluding diaryl/α,β-unsaturated/α-hetero) is 2. The number of aliphatic hydroxyl groups is 2. The number of allylic oxidation sites excluding steroid dienone is 7. The lowest BCUT2D eigenvalue weighted by Gasteiger charge is -2.15. The second-order valence-electron chi connectivity index (χ2n) is 16.7. The minimum atomic E-state index is -0.503. The summed E-state index contributed by atoms with van der Waals surface area (Å²) in [5.74, 6) is 26.5. The van der Waals surface area contributed by atoms with Crippen molar-refractivity contribution < 1.29 is 19.8 Å². The standard InChI is InChI=1S/C60H55BN2O4/c1-12-55-38(3)59(62-41(55)6)40(5)60-39(4)56(13-2)42(7)63(60)61(36-34-51-22-18-47(19-23-51)14-16-49-26-30-53(31-27-49)57(43(8)64)44(9)65)37-35-52-24-20-48(21-25-52)15-17-50-28-32-54(33-29-50)58(45(10)66)46(11)67/h18-33,64,66H,12-13H2,1-11H3/b57-43-,58-45-,59-40-. The number of ketones is 2. The summed E-state index contributed by atoms with van der Waals surface area (Å²) in [7, 11) is 0. The maximum atomic E-state index is 12.0. The number of hydrogen-bond donors (Lipinski definition) is 2. The minimum Gasteiger partial charge on any atom is -0.512 e. The van der Waals surface area contributed by atoms with Gasteiger partial charge in [0.1, 0.15) is 11.5 Å². The number of aliphatic imine (C=N–C) groups is 1. The Hall–Kier alpha value is -7.97. The zero-order valence-corrected chi connectivity index (χ0v) is 40.3. The molecule has 2 heterocycles. The Morgan fingerprint density at radius 1 is 0.552 bits per heavy atom. The van der Waals surface area contributed by atoms with Crippen molar-refractivity contribution in [2.24, 2.45) is 4.99 Å². The molecule has 0 unspecified atom stereocenters. The van der Waals surface area contributed by atoms with E-state index in [1.54, 1.807) is 24.3 Å². The molecule has 0 radical (unpaired) electrons. The lowest BCUT2D eigenvalue weighted by atomic mass is 9.62. The molecule has 1 aliphatic rings. The zero-order chi connectivity index (χ0) is 48.5. The van der Waals surface area contributed by atoms with Gasteiger partial charge in [0.05, 0.1) is 16.8 Å². The second-order valence-corrected chi connectivity index (χ2v) is 16.7. The predicted molar refractivity (Wildman–Crippen MR) is 276 cm³/mol. The minimum absolute atomic E-state index is 0.00850. The van der Waals surface area contributed by atoms with E-state index < -0.39 is 6.85 Å². The first-order chi connectivity index (χ1) is 32.0. The Morgan fingerprint density at radius 2 is 0.910 bits per heavy atom. The smallest absolute Gasteiger partial charge is 0.434 e. The molecule has 0 atom stereocenters. The number of rotatable bonds is 8. The molecule has 6 rings (SSSR count). The van der Waals surface area contributed by atoms with Gasteiger partial charge in [0.2, 0.25) is 0 Å². The molecule has 0 bridgehead atoms. The van der Waals surface area contributed by atoms with Crippen LogP contribution in [0.4, 0.5) is 0 Å². The lowest BCUT2D eigenvalue weighted by molar-refractivity contribution is -0.112. The third kappa shape index (κ3) is 11.1. The van der Waals surface area contributed by atoms with Crippen molar-refractivity contribution in [3.8, 4) is 47.2 Å². The van der Waals surface area contributed by atoms with E-state index in [1.807, 2.05) is 72.8 Å². The molecule has 0 fully saturated rings. The lowest BCUT2D eigenvalue weighted by Crippen LogP contribution is -2.25. The molecule has 0 amide bonds. The van der Waals surface area contributed by atoms with E-state index in [9.17, 15) is 19.8 Å². The second kappa shape index (κ2) is 21.3. The highest BCUT2D eigenvalue weighted by Gasteiger charge is 2.28. The molecule has 2 N–H and O–H groups in total. The Bertz CT molecular complexity index is 3050. The van der Waals surface area contributed by atoms with Crippen LogP contribution in [0.5, 0.6) is 0 Å². The summed E-state index contributed by atoms with van der Waals surface area (Å²) in [5, 5.41) is 20.0. The summed E-state index contributed by atoms with van der Waals surface area (Å²) in [6, 6.07) is 30.3. The molecule has 7 heteroatoms. The third-order valence-electron chi connectivity index (χ3n) is 12.0. The van der Waals surface area contributed by atoms with Gasteiger partial charge in [0, 0.05) is 50.5 Å². The zero-order valence-electron chi connectivity index (χ0n) is 40.3. The summed E-state index contributed by atoms with van der Waals surface area (Å²) >= 11 is 0. The van der Waals surface area contributed by atoms with Crippen LogP contribution in [0.25, 0.3) is 16.7 Å². The van der Waals surface area contributed by atoms with E-state index in [4.69, 9.17) is 4.99 Å². The topological polar surface area (TPSA) is 91.9 Å². The van der Waals surface area contributed by atoms with Crippen LogP contribution in [0.2, 0.25) is 0 Å². The van der Waals surface area contributed by atoms with Crippen LogP contribution in [0.3, 0.4) is 0 Å². The van der Waals surface area contributed by atoms with Crippen LogP contribution in [0.15, 0.2) is 130 Å². The number of benzene rings is 4. The highest BCUT2D eigenvalue weighted by Crippen LogP contribution is 2.37. The average Bonchev–Trinajstić information content (AvgIpc) is 3.73. The van der Waals surface area contributed by atoms with E-state index >= 15 is 0 Å². The van der Waals surface area contributed by atoms with Crippen molar-refractivity contribution >= 4 is 40.8 Å². The van der Waals surface area contributed by atoms with E-state index in [0.717, 1.165) is 74.6 Å². The van der Waals surface area contributed by atoms with Crippen molar-refractivity contribution in [3.63, 3.8) is 0 Å². The highest BCUT2D eigenvalue weighted by atomic mass is 16.3. The fourth-order valence-electron chi connectivity index (χ4n) is 8.75. The summed E-state index contributed by atoms with van der Waals surface area (Å²) < 4.78 is 2.29. The first kappa shape index (κ1) is 48.5. The summed E-state index contributed by atoms with van der Waals surface area (Å²) in [6.07, 6.45) is 1.78. The molecule has 67 heavy (non-hydrogen) atoms. The molecule has 6 nitrogen and oxygen atoms in total. The van der Waals surface area contributed by atoms with Gasteiger partial charge in [-0.3, -0.25) is 14.6 Å². The molecule has 0 saturated heterocycles. The molecular formula is C60H55BN2O4. The van der Waals surface area contributed by atoms with E-state index in [2.05, 4.69) is 100 Å². The molecule has 0 spiro atoms. The van der Waals surface area contributed by atoms with Crippen LogP contribution >= 0.6 is 0 Å². The fourth-order valence-corrected chi connectivity index (χ4v) is 8.75. The molecule has 1 aromatic heterocycles. The van der Waals surface area contributed by atoms with E-state index in [1.165, 1.54) is 50.0 Å². The fraction of sp³-hybridized carbons (Fsp3) is 0.217. The summed E-state index contributed by atoms with van der Waals surface area (Å²) in [6.45, 7) is 20.5. The average molecular weight is 879 g/mol. The van der Waals surface area contributed by atoms with Gasteiger partial charge in [-0.2, -0.15) is 0 Å². The molecule has 5 aromatic rings. The monoisotopic (exact) mass is 878 g/mol. The summed E-state index contributed by atoms with van der Waals surface area (Å²) in [4.78, 5) is 29.2. The van der Waals surface area contributed by atoms with Gasteiger partial charge in [0.25, 0.3) is 0 Å². The van der Waals surface area contributed by atoms with Crippen LogP contribution in [-0.2, 0) is 16.0 Å². The number of hydrogen-bond acceptors (Lipinski definition) is 5. The molecule has 0 aliphatic carbocycles. The van der Waals surface area contributed by atoms with Crippen LogP contribution in [-0.4, -0.2) is 38.8 Å². The van der Waals surface area contributed by atoms with Crippen molar-refractivity contribution in [1.82, 2.24) is 4.48 Å². The highest BCUT2D eigenvalue weighted by molar-refractivity contribution is 6.74. The Kier molecular flexibility index (Phi) is 15.5. The first-order valence-electron chi connectivity index (χ1n) is 22.5. The van der Waals surface area contributed by atoms with Gasteiger partial charge < -0.3 is 14.7 Å². The normalized spacial score (nSPS) is 13.3. The quantitative estimate of drug-likeness (QED) is 0.0703. The summed E-state index contributed by atoms with van der Waals surface area (Å²) in [5.41, 5.74) is 17.2. The third-order valence-corrected chi connectivity index (χ3v) is 12.0. The molecular weight excluding hydrogens is 823 g/mol. The Morgan fingerprint density at radius 3 is 1.22 bits per heavy atom. The van der Waals surface area contributed by atoms with Gasteiger partial charge >= 0.3 is 6.85 Å². The molecule has 0 saturated carbocycles. The van der Waals surface area contributed by atoms with Gasteiger partial charge in [-0.15, -0.1) is 11.6 Å².